The van der Waals surface area contributed by atoms with Crippen molar-refractivity contribution < 1.29 is 13.2 Å². The Balaban J connectivity index is 2.25. The lowest BCUT2D eigenvalue weighted by Crippen LogP contribution is -2.44. The molecule has 1 saturated heterocycles. The van der Waals surface area contributed by atoms with Crippen LogP contribution in [0.4, 0.5) is 0 Å². The maximum absolute atomic E-state index is 12.4. The number of amides is 1. The Bertz CT molecular complexity index is 646. The molecule has 0 radical (unpaired) electrons. The molecule has 0 unspecified atom stereocenters. The van der Waals surface area contributed by atoms with Gasteiger partial charge in [-0.3, -0.25) is 4.79 Å². The average molecular weight is 293 g/mol. The van der Waals surface area contributed by atoms with Crippen molar-refractivity contribution in [2.24, 2.45) is 11.7 Å². The summed E-state index contributed by atoms with van der Waals surface area (Å²) in [7, 11) is -3.64. The largest absolute Gasteiger partial charge is 0.369 e. The second-order valence-electron chi connectivity index (χ2n) is 4.74. The van der Waals surface area contributed by atoms with Crippen molar-refractivity contribution >= 4 is 15.9 Å². The van der Waals surface area contributed by atoms with Gasteiger partial charge >= 0.3 is 0 Å². The van der Waals surface area contributed by atoms with Gasteiger partial charge < -0.3 is 5.73 Å². The highest BCUT2D eigenvalue weighted by molar-refractivity contribution is 7.89. The molecule has 1 aromatic carbocycles. The fourth-order valence-electron chi connectivity index (χ4n) is 2.24. The number of nitrogens with zero attached hydrogens (tertiary/aromatic N) is 2. The summed E-state index contributed by atoms with van der Waals surface area (Å²) in [6, 6.07) is 7.67. The quantitative estimate of drug-likeness (QED) is 0.873. The first kappa shape index (κ1) is 14.5. The summed E-state index contributed by atoms with van der Waals surface area (Å²) in [6.45, 7) is 0.504. The highest BCUT2D eigenvalue weighted by atomic mass is 32.2. The molecule has 1 fully saturated rings. The summed E-state index contributed by atoms with van der Waals surface area (Å²) in [5.74, 6) is -0.901. The third-order valence-corrected chi connectivity index (χ3v) is 5.29. The Kier molecular flexibility index (Phi) is 4.06. The number of primary amides is 1. The summed E-state index contributed by atoms with van der Waals surface area (Å²) < 4.78 is 26.2. The van der Waals surface area contributed by atoms with Crippen LogP contribution in [0.25, 0.3) is 0 Å². The molecule has 106 valence electrons. The van der Waals surface area contributed by atoms with Gasteiger partial charge in [-0.15, -0.1) is 0 Å². The van der Waals surface area contributed by atoms with Crippen molar-refractivity contribution in [2.75, 3.05) is 13.1 Å². The van der Waals surface area contributed by atoms with Gasteiger partial charge in [-0.1, -0.05) is 0 Å². The fraction of sp³-hybridized carbons (Fsp3) is 0.385. The summed E-state index contributed by atoms with van der Waals surface area (Å²) >= 11 is 0. The average Bonchev–Trinajstić information content (AvgIpc) is 2.47. The zero-order valence-electron chi connectivity index (χ0n) is 10.8. The molecule has 0 aromatic heterocycles. The maximum atomic E-state index is 12.4. The molecule has 0 saturated carbocycles. The minimum absolute atomic E-state index is 0.123. The zero-order chi connectivity index (χ0) is 14.8. The summed E-state index contributed by atoms with van der Waals surface area (Å²) in [5, 5.41) is 8.71. The van der Waals surface area contributed by atoms with E-state index in [0.717, 1.165) is 0 Å². The van der Waals surface area contributed by atoms with Gasteiger partial charge in [0.2, 0.25) is 15.9 Å². The van der Waals surface area contributed by atoms with Crippen LogP contribution in [-0.2, 0) is 14.8 Å². The number of piperidine rings is 1. The van der Waals surface area contributed by atoms with Crippen LogP contribution in [0.5, 0.6) is 0 Å². The molecule has 2 rings (SSSR count). The SMILES string of the molecule is N#Cc1ccc(S(=O)(=O)N2CCC[C@@H](C(N)=O)C2)cc1. The normalized spacial score (nSPS) is 20.2. The first-order valence-corrected chi connectivity index (χ1v) is 7.69. The van der Waals surface area contributed by atoms with E-state index in [0.29, 0.717) is 24.9 Å². The number of nitrogens with two attached hydrogens (primary N) is 1. The lowest BCUT2D eigenvalue weighted by Gasteiger charge is -2.30. The van der Waals surface area contributed by atoms with E-state index in [9.17, 15) is 13.2 Å². The predicted octanol–water partition coefficient (Wildman–Crippen LogP) is 0.444. The lowest BCUT2D eigenvalue weighted by molar-refractivity contribution is -0.122. The third kappa shape index (κ3) is 2.81. The number of carbonyl (C=O) groups excluding carboxylic acids is 1. The van der Waals surface area contributed by atoms with E-state index in [1.54, 1.807) is 0 Å². The van der Waals surface area contributed by atoms with Crippen LogP contribution in [0.2, 0.25) is 0 Å². The Morgan fingerprint density at radius 1 is 1.35 bits per heavy atom. The van der Waals surface area contributed by atoms with Crippen molar-refractivity contribution in [2.45, 2.75) is 17.7 Å². The topological polar surface area (TPSA) is 104 Å². The lowest BCUT2D eigenvalue weighted by atomic mass is 9.99. The zero-order valence-corrected chi connectivity index (χ0v) is 11.6. The van der Waals surface area contributed by atoms with Gasteiger partial charge in [0.1, 0.15) is 0 Å². The molecule has 1 atom stereocenters. The molecule has 6 nitrogen and oxygen atoms in total. The van der Waals surface area contributed by atoms with Crippen LogP contribution in [0, 0.1) is 17.2 Å². The molecule has 20 heavy (non-hydrogen) atoms. The van der Waals surface area contributed by atoms with Crippen LogP contribution in [-0.4, -0.2) is 31.7 Å². The van der Waals surface area contributed by atoms with Gasteiger partial charge in [0.15, 0.2) is 0 Å². The van der Waals surface area contributed by atoms with Crippen LogP contribution in [0.1, 0.15) is 18.4 Å². The van der Waals surface area contributed by atoms with E-state index in [1.165, 1.54) is 28.6 Å². The molecule has 1 aliphatic rings. The van der Waals surface area contributed by atoms with Crippen LogP contribution < -0.4 is 5.73 Å². The van der Waals surface area contributed by atoms with Gasteiger partial charge in [0.25, 0.3) is 0 Å². The van der Waals surface area contributed by atoms with Gasteiger partial charge in [-0.05, 0) is 37.1 Å². The predicted molar refractivity (Wildman–Crippen MR) is 71.8 cm³/mol. The Morgan fingerprint density at radius 2 is 2.00 bits per heavy atom. The van der Waals surface area contributed by atoms with E-state index in [2.05, 4.69) is 0 Å². The monoisotopic (exact) mass is 293 g/mol. The van der Waals surface area contributed by atoms with E-state index < -0.39 is 21.8 Å². The number of benzene rings is 1. The Morgan fingerprint density at radius 3 is 2.55 bits per heavy atom. The second-order valence-corrected chi connectivity index (χ2v) is 6.68. The number of carbonyl (C=O) groups is 1. The molecule has 1 heterocycles. The number of hydrogen-bond acceptors (Lipinski definition) is 4. The fourth-order valence-corrected chi connectivity index (χ4v) is 3.77. The number of rotatable bonds is 3. The van der Waals surface area contributed by atoms with Crippen LogP contribution in [0.15, 0.2) is 29.2 Å². The number of sulfonamides is 1. The van der Waals surface area contributed by atoms with Gasteiger partial charge in [-0.25, -0.2) is 8.42 Å². The molecule has 0 aliphatic carbocycles. The van der Waals surface area contributed by atoms with E-state index >= 15 is 0 Å². The second kappa shape index (κ2) is 5.61. The summed E-state index contributed by atoms with van der Waals surface area (Å²) in [4.78, 5) is 11.3. The van der Waals surface area contributed by atoms with E-state index in [-0.39, 0.29) is 11.4 Å². The molecule has 1 amide bonds. The van der Waals surface area contributed by atoms with E-state index in [1.807, 2.05) is 6.07 Å². The maximum Gasteiger partial charge on any atom is 0.243 e. The Labute approximate surface area is 117 Å². The molecule has 1 aromatic rings. The number of hydrogen-bond donors (Lipinski definition) is 1. The minimum atomic E-state index is -3.64. The first-order valence-electron chi connectivity index (χ1n) is 6.25. The van der Waals surface area contributed by atoms with Gasteiger partial charge in [0, 0.05) is 13.1 Å². The molecular weight excluding hydrogens is 278 g/mol. The molecule has 0 spiro atoms. The van der Waals surface area contributed by atoms with Crippen molar-refractivity contribution in [3.05, 3.63) is 29.8 Å². The van der Waals surface area contributed by atoms with Gasteiger partial charge in [-0.2, -0.15) is 9.57 Å². The molecule has 2 N–H and O–H groups in total. The first-order chi connectivity index (χ1) is 9.45. The highest BCUT2D eigenvalue weighted by Gasteiger charge is 2.32. The van der Waals surface area contributed by atoms with Crippen molar-refractivity contribution in [3.63, 3.8) is 0 Å². The molecular formula is C13H15N3O3S. The van der Waals surface area contributed by atoms with Crippen LogP contribution in [0.3, 0.4) is 0 Å². The summed E-state index contributed by atoms with van der Waals surface area (Å²) in [5.41, 5.74) is 5.65. The van der Waals surface area contributed by atoms with Gasteiger partial charge in [0.05, 0.1) is 22.4 Å². The molecule has 1 aliphatic heterocycles. The molecule has 7 heteroatoms. The smallest absolute Gasteiger partial charge is 0.243 e. The highest BCUT2D eigenvalue weighted by Crippen LogP contribution is 2.23. The van der Waals surface area contributed by atoms with Crippen LogP contribution >= 0.6 is 0 Å². The van der Waals surface area contributed by atoms with Crippen molar-refractivity contribution in [1.82, 2.24) is 4.31 Å². The van der Waals surface area contributed by atoms with Crippen molar-refractivity contribution in [3.8, 4) is 6.07 Å². The Hall–Kier alpha value is -1.91. The molecule has 0 bridgehead atoms. The van der Waals surface area contributed by atoms with Crippen molar-refractivity contribution in [1.29, 1.82) is 5.26 Å². The standard InChI is InChI=1S/C13H15N3O3S/c14-8-10-3-5-12(6-4-10)20(18,19)16-7-1-2-11(9-16)13(15)17/h3-6,11H,1-2,7,9H2,(H2,15,17)/t11-/m1/s1. The minimum Gasteiger partial charge on any atom is -0.369 e. The number of nitriles is 1. The summed E-state index contributed by atoms with van der Waals surface area (Å²) in [6.07, 6.45) is 1.23. The third-order valence-electron chi connectivity index (χ3n) is 3.41. The van der Waals surface area contributed by atoms with E-state index in [4.69, 9.17) is 11.0 Å².